The quantitative estimate of drug-likeness (QED) is 0.865. The first-order valence-electron chi connectivity index (χ1n) is 6.90. The smallest absolute Gasteiger partial charge is 0.251 e. The second-order valence-corrected chi connectivity index (χ2v) is 6.53. The number of aliphatic hydroxyl groups is 1. The third-order valence-electron chi connectivity index (χ3n) is 3.14. The van der Waals surface area contributed by atoms with Gasteiger partial charge in [0.05, 0.1) is 6.10 Å². The first-order chi connectivity index (χ1) is 9.20. The van der Waals surface area contributed by atoms with Gasteiger partial charge in [0, 0.05) is 18.7 Å². The topological polar surface area (TPSA) is 52.6 Å². The van der Waals surface area contributed by atoms with Crippen molar-refractivity contribution >= 4 is 5.91 Å². The molecule has 0 aliphatic carbocycles. The normalized spacial score (nSPS) is 13.3. The number of benzene rings is 1. The van der Waals surface area contributed by atoms with Gasteiger partial charge in [-0.2, -0.15) is 0 Å². The summed E-state index contributed by atoms with van der Waals surface area (Å²) in [4.78, 5) is 14.1. The number of hydrogen-bond donors (Lipinski definition) is 2. The Bertz CT molecular complexity index is 450. The summed E-state index contributed by atoms with van der Waals surface area (Å²) in [5.74, 6) is -0.145. The summed E-state index contributed by atoms with van der Waals surface area (Å²) < 4.78 is 0. The van der Waals surface area contributed by atoms with Crippen molar-refractivity contribution in [2.24, 2.45) is 5.41 Å². The fourth-order valence-electron chi connectivity index (χ4n) is 1.77. The Morgan fingerprint density at radius 2 is 2.00 bits per heavy atom. The second-order valence-electron chi connectivity index (χ2n) is 6.53. The Labute approximate surface area is 121 Å². The number of carbonyl (C=O) groups excluding carboxylic acids is 1. The lowest BCUT2D eigenvalue weighted by Crippen LogP contribution is -2.39. The first kappa shape index (κ1) is 16.7. The third kappa shape index (κ3) is 5.31. The molecule has 4 nitrogen and oxygen atoms in total. The summed E-state index contributed by atoms with van der Waals surface area (Å²) in [5.41, 5.74) is 1.49. The summed E-state index contributed by atoms with van der Waals surface area (Å²) in [6.07, 6.45) is -0.559. The van der Waals surface area contributed by atoms with E-state index in [-0.39, 0.29) is 17.9 Å². The van der Waals surface area contributed by atoms with E-state index in [0.717, 1.165) is 12.1 Å². The van der Waals surface area contributed by atoms with Gasteiger partial charge < -0.3 is 15.3 Å². The zero-order chi connectivity index (χ0) is 15.3. The van der Waals surface area contributed by atoms with E-state index in [1.807, 2.05) is 53.1 Å². The van der Waals surface area contributed by atoms with Gasteiger partial charge in [-0.1, -0.05) is 32.9 Å². The molecule has 1 amide bonds. The highest BCUT2D eigenvalue weighted by Crippen LogP contribution is 2.18. The van der Waals surface area contributed by atoms with E-state index in [9.17, 15) is 9.90 Å². The molecular formula is C16H26N2O2. The fourth-order valence-corrected chi connectivity index (χ4v) is 1.77. The minimum absolute atomic E-state index is 0.145. The van der Waals surface area contributed by atoms with Crippen LogP contribution in [0.5, 0.6) is 0 Å². The molecule has 0 spiro atoms. The SMILES string of the molecule is CN(C)Cc1cccc(C(=O)NCC(O)C(C)(C)C)c1. The van der Waals surface area contributed by atoms with Crippen LogP contribution < -0.4 is 5.32 Å². The highest BCUT2D eigenvalue weighted by atomic mass is 16.3. The zero-order valence-electron chi connectivity index (χ0n) is 13.1. The summed E-state index contributed by atoms with van der Waals surface area (Å²) in [5, 5.41) is 12.7. The Hall–Kier alpha value is -1.39. The molecule has 0 aliphatic rings. The van der Waals surface area contributed by atoms with Gasteiger partial charge in [-0.25, -0.2) is 0 Å². The number of carbonyl (C=O) groups is 1. The van der Waals surface area contributed by atoms with Gasteiger partial charge in [-0.3, -0.25) is 4.79 Å². The van der Waals surface area contributed by atoms with E-state index < -0.39 is 6.10 Å². The van der Waals surface area contributed by atoms with Gasteiger partial charge in [-0.05, 0) is 37.2 Å². The summed E-state index contributed by atoms with van der Waals surface area (Å²) in [7, 11) is 3.98. The third-order valence-corrected chi connectivity index (χ3v) is 3.14. The van der Waals surface area contributed by atoms with Gasteiger partial charge >= 0.3 is 0 Å². The molecule has 0 bridgehead atoms. The molecule has 0 heterocycles. The van der Waals surface area contributed by atoms with Crippen LogP contribution in [0.15, 0.2) is 24.3 Å². The van der Waals surface area contributed by atoms with Crippen LogP contribution in [0.2, 0.25) is 0 Å². The molecule has 0 saturated carbocycles. The van der Waals surface area contributed by atoms with Crippen molar-refractivity contribution in [1.29, 1.82) is 0 Å². The molecule has 112 valence electrons. The van der Waals surface area contributed by atoms with Gasteiger partial charge in [-0.15, -0.1) is 0 Å². The number of aliphatic hydroxyl groups excluding tert-OH is 1. The first-order valence-corrected chi connectivity index (χ1v) is 6.90. The van der Waals surface area contributed by atoms with Crippen LogP contribution in [-0.4, -0.2) is 42.7 Å². The van der Waals surface area contributed by atoms with E-state index in [4.69, 9.17) is 0 Å². The molecule has 0 saturated heterocycles. The molecule has 20 heavy (non-hydrogen) atoms. The second kappa shape index (κ2) is 6.86. The number of nitrogens with zero attached hydrogens (tertiary/aromatic N) is 1. The molecule has 1 atom stereocenters. The predicted octanol–water partition coefficient (Wildman–Crippen LogP) is 1.88. The predicted molar refractivity (Wildman–Crippen MR) is 81.6 cm³/mol. The molecule has 1 aromatic rings. The molecule has 1 aromatic carbocycles. The number of rotatable bonds is 5. The van der Waals surface area contributed by atoms with E-state index in [0.29, 0.717) is 5.56 Å². The summed E-state index contributed by atoms with van der Waals surface area (Å²) >= 11 is 0. The molecule has 1 unspecified atom stereocenters. The molecule has 0 fully saturated rings. The van der Waals surface area contributed by atoms with Gasteiger partial charge in [0.15, 0.2) is 0 Å². The van der Waals surface area contributed by atoms with Gasteiger partial charge in [0.2, 0.25) is 0 Å². The average Bonchev–Trinajstić information content (AvgIpc) is 2.33. The lowest BCUT2D eigenvalue weighted by atomic mass is 9.89. The van der Waals surface area contributed by atoms with Crippen molar-refractivity contribution in [3.05, 3.63) is 35.4 Å². The fraction of sp³-hybridized carbons (Fsp3) is 0.562. The zero-order valence-corrected chi connectivity index (χ0v) is 13.1. The maximum Gasteiger partial charge on any atom is 0.251 e. The number of hydrogen-bond acceptors (Lipinski definition) is 3. The molecule has 0 aliphatic heterocycles. The monoisotopic (exact) mass is 278 g/mol. The van der Waals surface area contributed by atoms with Crippen molar-refractivity contribution < 1.29 is 9.90 Å². The molecule has 0 aromatic heterocycles. The van der Waals surface area contributed by atoms with Gasteiger partial charge in [0.25, 0.3) is 5.91 Å². The van der Waals surface area contributed by atoms with E-state index in [1.165, 1.54) is 0 Å². The van der Waals surface area contributed by atoms with Crippen LogP contribution >= 0.6 is 0 Å². The standard InChI is InChI=1S/C16H26N2O2/c1-16(2,3)14(19)10-17-15(20)13-8-6-7-12(9-13)11-18(4)5/h6-9,14,19H,10-11H2,1-5H3,(H,17,20). The highest BCUT2D eigenvalue weighted by molar-refractivity contribution is 5.94. The lowest BCUT2D eigenvalue weighted by Gasteiger charge is -2.25. The minimum Gasteiger partial charge on any atom is -0.391 e. The van der Waals surface area contributed by atoms with Crippen molar-refractivity contribution in [2.75, 3.05) is 20.6 Å². The Balaban J connectivity index is 2.64. The van der Waals surface area contributed by atoms with Crippen LogP contribution in [-0.2, 0) is 6.54 Å². The van der Waals surface area contributed by atoms with E-state index in [1.54, 1.807) is 6.07 Å². The number of nitrogens with one attached hydrogen (secondary N) is 1. The molecule has 0 radical (unpaired) electrons. The van der Waals surface area contributed by atoms with Crippen LogP contribution in [0, 0.1) is 5.41 Å². The highest BCUT2D eigenvalue weighted by Gasteiger charge is 2.22. The summed E-state index contributed by atoms with van der Waals surface area (Å²) in [6.45, 7) is 6.90. The Morgan fingerprint density at radius 3 is 2.55 bits per heavy atom. The largest absolute Gasteiger partial charge is 0.391 e. The van der Waals surface area contributed by atoms with Crippen molar-refractivity contribution in [3.63, 3.8) is 0 Å². The van der Waals surface area contributed by atoms with E-state index >= 15 is 0 Å². The van der Waals surface area contributed by atoms with Crippen LogP contribution in [0.4, 0.5) is 0 Å². The van der Waals surface area contributed by atoms with Crippen molar-refractivity contribution in [2.45, 2.75) is 33.4 Å². The molecule has 2 N–H and O–H groups in total. The Kier molecular flexibility index (Phi) is 5.72. The van der Waals surface area contributed by atoms with Crippen molar-refractivity contribution in [3.8, 4) is 0 Å². The summed E-state index contributed by atoms with van der Waals surface area (Å²) in [6, 6.07) is 7.56. The number of amides is 1. The van der Waals surface area contributed by atoms with Crippen LogP contribution in [0.1, 0.15) is 36.7 Å². The van der Waals surface area contributed by atoms with Gasteiger partial charge in [0.1, 0.15) is 0 Å². The molecule has 4 heteroatoms. The average molecular weight is 278 g/mol. The minimum atomic E-state index is -0.559. The van der Waals surface area contributed by atoms with Crippen molar-refractivity contribution in [1.82, 2.24) is 10.2 Å². The molecule has 1 rings (SSSR count). The Morgan fingerprint density at radius 1 is 1.35 bits per heavy atom. The van der Waals surface area contributed by atoms with Crippen LogP contribution in [0.25, 0.3) is 0 Å². The maximum atomic E-state index is 12.1. The lowest BCUT2D eigenvalue weighted by molar-refractivity contribution is 0.0587. The van der Waals surface area contributed by atoms with Crippen LogP contribution in [0.3, 0.4) is 0 Å². The maximum absolute atomic E-state index is 12.1. The van der Waals surface area contributed by atoms with E-state index in [2.05, 4.69) is 10.2 Å². The molecular weight excluding hydrogens is 252 g/mol.